The molecule has 0 spiro atoms. The molecule has 4 heteroatoms. The number of hydrogen-bond donors (Lipinski definition) is 2. The Morgan fingerprint density at radius 2 is 2.17 bits per heavy atom. The number of benzene rings is 1. The molecule has 98 valence electrons. The summed E-state index contributed by atoms with van der Waals surface area (Å²) >= 11 is 0. The van der Waals surface area contributed by atoms with Gasteiger partial charge in [0.2, 0.25) is 0 Å². The summed E-state index contributed by atoms with van der Waals surface area (Å²) in [6.07, 6.45) is 2.04. The third-order valence-corrected chi connectivity index (χ3v) is 3.05. The Hall–Kier alpha value is -1.55. The molecule has 1 aromatic rings. The van der Waals surface area contributed by atoms with Crippen LogP contribution in [-0.2, 0) is 4.74 Å². The van der Waals surface area contributed by atoms with Crippen LogP contribution in [0, 0.1) is 0 Å². The second-order valence-electron chi connectivity index (χ2n) is 4.47. The molecule has 1 aromatic carbocycles. The predicted molar refractivity (Wildman–Crippen MR) is 71.9 cm³/mol. The van der Waals surface area contributed by atoms with Crippen molar-refractivity contribution < 1.29 is 9.53 Å². The van der Waals surface area contributed by atoms with Crippen molar-refractivity contribution in [3.05, 3.63) is 29.8 Å². The van der Waals surface area contributed by atoms with Gasteiger partial charge in [-0.25, -0.2) is 0 Å². The quantitative estimate of drug-likeness (QED) is 0.857. The minimum atomic E-state index is -0.0203. The third kappa shape index (κ3) is 3.47. The fraction of sp³-hybridized carbons (Fsp3) is 0.500. The van der Waals surface area contributed by atoms with Crippen LogP contribution in [0.5, 0.6) is 0 Å². The van der Waals surface area contributed by atoms with Gasteiger partial charge in [-0.05, 0) is 38.0 Å². The smallest absolute Gasteiger partial charge is 0.251 e. The van der Waals surface area contributed by atoms with E-state index in [0.29, 0.717) is 18.2 Å². The monoisotopic (exact) mass is 248 g/mol. The summed E-state index contributed by atoms with van der Waals surface area (Å²) in [5.74, 6) is -0.0203. The van der Waals surface area contributed by atoms with Gasteiger partial charge in [-0.15, -0.1) is 0 Å². The van der Waals surface area contributed by atoms with Gasteiger partial charge in [0.25, 0.3) is 5.91 Å². The zero-order valence-corrected chi connectivity index (χ0v) is 10.7. The summed E-state index contributed by atoms with van der Waals surface area (Å²) in [6, 6.07) is 8.09. The molecule has 2 rings (SSSR count). The van der Waals surface area contributed by atoms with Gasteiger partial charge in [-0.2, -0.15) is 0 Å². The molecular formula is C14H20N2O2. The maximum atomic E-state index is 11.7. The lowest BCUT2D eigenvalue weighted by Gasteiger charge is -2.24. The number of carbonyl (C=O) groups is 1. The molecular weight excluding hydrogens is 228 g/mol. The first-order chi connectivity index (χ1) is 8.79. The highest BCUT2D eigenvalue weighted by Gasteiger charge is 2.13. The van der Waals surface area contributed by atoms with E-state index in [1.807, 2.05) is 31.2 Å². The fourth-order valence-corrected chi connectivity index (χ4v) is 2.09. The van der Waals surface area contributed by atoms with Crippen molar-refractivity contribution in [2.24, 2.45) is 0 Å². The molecule has 0 aromatic heterocycles. The Balaban J connectivity index is 2.00. The second kappa shape index (κ2) is 6.40. The highest BCUT2D eigenvalue weighted by Crippen LogP contribution is 2.16. The van der Waals surface area contributed by atoms with Crippen LogP contribution in [0.2, 0.25) is 0 Å². The highest BCUT2D eigenvalue weighted by molar-refractivity contribution is 5.95. The van der Waals surface area contributed by atoms with Gasteiger partial charge in [-0.3, -0.25) is 4.79 Å². The van der Waals surface area contributed by atoms with E-state index in [-0.39, 0.29) is 5.91 Å². The molecule has 0 saturated carbocycles. The summed E-state index contributed by atoms with van der Waals surface area (Å²) < 4.78 is 5.33. The molecule has 0 bridgehead atoms. The van der Waals surface area contributed by atoms with Crippen LogP contribution in [0.4, 0.5) is 5.69 Å². The van der Waals surface area contributed by atoms with E-state index in [4.69, 9.17) is 4.74 Å². The summed E-state index contributed by atoms with van der Waals surface area (Å²) in [5, 5.41) is 6.26. The minimum absolute atomic E-state index is 0.0203. The first-order valence-electron chi connectivity index (χ1n) is 6.52. The standard InChI is InChI=1S/C14H20N2O2/c1-2-15-14(17)11-4-3-5-13(10-11)16-12-6-8-18-9-7-12/h3-5,10,12,16H,2,6-9H2,1H3,(H,15,17). The molecule has 18 heavy (non-hydrogen) atoms. The van der Waals surface area contributed by atoms with Crippen molar-refractivity contribution >= 4 is 11.6 Å². The van der Waals surface area contributed by atoms with Crippen LogP contribution in [0.3, 0.4) is 0 Å². The highest BCUT2D eigenvalue weighted by atomic mass is 16.5. The van der Waals surface area contributed by atoms with E-state index < -0.39 is 0 Å². The normalized spacial score (nSPS) is 16.3. The minimum Gasteiger partial charge on any atom is -0.382 e. The summed E-state index contributed by atoms with van der Waals surface area (Å²) in [7, 11) is 0. The Bertz CT molecular complexity index is 401. The molecule has 2 N–H and O–H groups in total. The average Bonchev–Trinajstić information content (AvgIpc) is 2.40. The summed E-state index contributed by atoms with van der Waals surface area (Å²) in [5.41, 5.74) is 1.71. The molecule has 1 aliphatic heterocycles. The van der Waals surface area contributed by atoms with Crippen molar-refractivity contribution in [1.82, 2.24) is 5.32 Å². The zero-order valence-electron chi connectivity index (χ0n) is 10.7. The van der Waals surface area contributed by atoms with Crippen LogP contribution in [-0.4, -0.2) is 31.7 Å². The van der Waals surface area contributed by atoms with E-state index in [0.717, 1.165) is 31.7 Å². The number of nitrogens with one attached hydrogen (secondary N) is 2. The van der Waals surface area contributed by atoms with Crippen LogP contribution < -0.4 is 10.6 Å². The van der Waals surface area contributed by atoms with Gasteiger partial charge in [0.15, 0.2) is 0 Å². The van der Waals surface area contributed by atoms with Gasteiger partial charge >= 0.3 is 0 Å². The van der Waals surface area contributed by atoms with Crippen molar-refractivity contribution in [2.45, 2.75) is 25.8 Å². The number of rotatable bonds is 4. The lowest BCUT2D eigenvalue weighted by atomic mass is 10.1. The van der Waals surface area contributed by atoms with Crippen molar-refractivity contribution in [3.8, 4) is 0 Å². The van der Waals surface area contributed by atoms with E-state index in [2.05, 4.69) is 10.6 Å². The molecule has 1 fully saturated rings. The molecule has 0 aliphatic carbocycles. The summed E-state index contributed by atoms with van der Waals surface area (Å²) in [6.45, 7) is 4.19. The number of ether oxygens (including phenoxy) is 1. The Labute approximate surface area is 108 Å². The molecule has 0 unspecified atom stereocenters. The molecule has 1 saturated heterocycles. The molecule has 4 nitrogen and oxygen atoms in total. The van der Waals surface area contributed by atoms with Gasteiger partial charge in [0.05, 0.1) is 0 Å². The van der Waals surface area contributed by atoms with E-state index in [1.54, 1.807) is 0 Å². The number of carbonyl (C=O) groups excluding carboxylic acids is 1. The second-order valence-corrected chi connectivity index (χ2v) is 4.47. The topological polar surface area (TPSA) is 50.4 Å². The molecule has 0 atom stereocenters. The van der Waals surface area contributed by atoms with Crippen LogP contribution >= 0.6 is 0 Å². The fourth-order valence-electron chi connectivity index (χ4n) is 2.09. The number of amides is 1. The largest absolute Gasteiger partial charge is 0.382 e. The van der Waals surface area contributed by atoms with E-state index >= 15 is 0 Å². The van der Waals surface area contributed by atoms with E-state index in [1.165, 1.54) is 0 Å². The first kappa shape index (κ1) is 12.9. The van der Waals surface area contributed by atoms with Gasteiger partial charge in [0.1, 0.15) is 0 Å². The summed E-state index contributed by atoms with van der Waals surface area (Å²) in [4.78, 5) is 11.7. The lowest BCUT2D eigenvalue weighted by molar-refractivity contribution is 0.0904. The Kier molecular flexibility index (Phi) is 4.59. The molecule has 1 amide bonds. The van der Waals surface area contributed by atoms with Gasteiger partial charge in [-0.1, -0.05) is 6.07 Å². The SMILES string of the molecule is CCNC(=O)c1cccc(NC2CCOCC2)c1. The van der Waals surface area contributed by atoms with Crippen LogP contribution in [0.1, 0.15) is 30.1 Å². The molecule has 1 heterocycles. The number of hydrogen-bond acceptors (Lipinski definition) is 3. The first-order valence-corrected chi connectivity index (χ1v) is 6.52. The zero-order chi connectivity index (χ0) is 12.8. The maximum Gasteiger partial charge on any atom is 0.251 e. The average molecular weight is 248 g/mol. The molecule has 1 aliphatic rings. The van der Waals surface area contributed by atoms with Crippen LogP contribution in [0.25, 0.3) is 0 Å². The number of anilines is 1. The van der Waals surface area contributed by atoms with Crippen molar-refractivity contribution in [3.63, 3.8) is 0 Å². The van der Waals surface area contributed by atoms with Crippen molar-refractivity contribution in [2.75, 3.05) is 25.1 Å². The Morgan fingerprint density at radius 1 is 1.39 bits per heavy atom. The van der Waals surface area contributed by atoms with Gasteiger partial charge in [0, 0.05) is 37.1 Å². The lowest BCUT2D eigenvalue weighted by Crippen LogP contribution is -2.28. The van der Waals surface area contributed by atoms with Crippen molar-refractivity contribution in [1.29, 1.82) is 0 Å². The predicted octanol–water partition coefficient (Wildman–Crippen LogP) is 2.03. The van der Waals surface area contributed by atoms with E-state index in [9.17, 15) is 4.79 Å². The molecule has 0 radical (unpaired) electrons. The van der Waals surface area contributed by atoms with Crippen LogP contribution in [0.15, 0.2) is 24.3 Å². The van der Waals surface area contributed by atoms with Gasteiger partial charge < -0.3 is 15.4 Å². The maximum absolute atomic E-state index is 11.7. The Morgan fingerprint density at radius 3 is 2.89 bits per heavy atom. The third-order valence-electron chi connectivity index (χ3n) is 3.05.